The van der Waals surface area contributed by atoms with E-state index in [1.807, 2.05) is 0 Å². The molecule has 0 aromatic carbocycles. The van der Waals surface area contributed by atoms with Gasteiger partial charge in [0.15, 0.2) is 0 Å². The molecule has 1 heterocycles. The van der Waals surface area contributed by atoms with E-state index in [4.69, 9.17) is 5.84 Å². The minimum Gasteiger partial charge on any atom is -0.298 e. The van der Waals surface area contributed by atoms with Crippen molar-refractivity contribution in [1.82, 2.24) is 10.3 Å². The zero-order chi connectivity index (χ0) is 10.8. The minimum atomic E-state index is -0.0287. The Bertz CT molecular complexity index is 210. The number of hydrogen-bond donors (Lipinski definition) is 2. The Kier molecular flexibility index (Phi) is 3.50. The Hall–Kier alpha value is -0.610. The molecule has 1 saturated heterocycles. The van der Waals surface area contributed by atoms with Gasteiger partial charge in [0.05, 0.1) is 5.92 Å². The third-order valence-electron chi connectivity index (χ3n) is 2.88. The number of piperidine rings is 1. The lowest BCUT2D eigenvalue weighted by molar-refractivity contribution is -0.127. The molecule has 1 aliphatic heterocycles. The molecule has 0 aromatic heterocycles. The lowest BCUT2D eigenvalue weighted by Crippen LogP contribution is -2.51. The van der Waals surface area contributed by atoms with E-state index in [0.717, 1.165) is 25.9 Å². The molecule has 0 bridgehead atoms. The van der Waals surface area contributed by atoms with E-state index < -0.39 is 0 Å². The molecule has 82 valence electrons. The lowest BCUT2D eigenvalue weighted by Gasteiger charge is -2.40. The predicted octanol–water partition coefficient (Wildman–Crippen LogP) is 0.487. The number of carbonyl (C=O) groups excluding carboxylic acids is 1. The van der Waals surface area contributed by atoms with E-state index in [0.29, 0.717) is 0 Å². The zero-order valence-electron chi connectivity index (χ0n) is 9.34. The van der Waals surface area contributed by atoms with Crippen molar-refractivity contribution in [2.75, 3.05) is 13.1 Å². The highest BCUT2D eigenvalue weighted by Crippen LogP contribution is 2.23. The van der Waals surface area contributed by atoms with Crippen molar-refractivity contribution in [3.8, 4) is 0 Å². The molecule has 3 N–H and O–H groups in total. The molecule has 0 aliphatic carbocycles. The molecule has 14 heavy (non-hydrogen) atoms. The number of hydrogen-bond acceptors (Lipinski definition) is 3. The Morgan fingerprint density at radius 1 is 1.50 bits per heavy atom. The largest absolute Gasteiger partial charge is 0.298 e. The fourth-order valence-corrected chi connectivity index (χ4v) is 1.92. The van der Waals surface area contributed by atoms with Crippen LogP contribution < -0.4 is 11.3 Å². The number of amides is 1. The van der Waals surface area contributed by atoms with Gasteiger partial charge in [-0.25, -0.2) is 5.84 Å². The normalized spacial score (nSPS) is 24.7. The van der Waals surface area contributed by atoms with Gasteiger partial charge in [-0.05, 0) is 40.2 Å². The molecule has 0 unspecified atom stereocenters. The molecule has 4 heteroatoms. The van der Waals surface area contributed by atoms with Crippen LogP contribution in [0.2, 0.25) is 0 Å². The summed E-state index contributed by atoms with van der Waals surface area (Å²) in [6, 6.07) is 0. The number of hydrazine groups is 1. The van der Waals surface area contributed by atoms with Gasteiger partial charge in [0.2, 0.25) is 5.91 Å². The fraction of sp³-hybridized carbons (Fsp3) is 0.900. The SMILES string of the molecule is CC(C)(C)N1CCC[C@@H](C(=O)NN)C1. The zero-order valence-corrected chi connectivity index (χ0v) is 9.34. The van der Waals surface area contributed by atoms with Crippen LogP contribution >= 0.6 is 0 Å². The summed E-state index contributed by atoms with van der Waals surface area (Å²) in [5.74, 6) is 5.17. The first-order chi connectivity index (χ1) is 6.45. The van der Waals surface area contributed by atoms with E-state index in [1.54, 1.807) is 0 Å². The third kappa shape index (κ3) is 2.69. The Balaban J connectivity index is 2.56. The summed E-state index contributed by atoms with van der Waals surface area (Å²) in [5.41, 5.74) is 2.39. The molecule has 1 atom stereocenters. The van der Waals surface area contributed by atoms with Crippen LogP contribution in [0.5, 0.6) is 0 Å². The van der Waals surface area contributed by atoms with Gasteiger partial charge in [0.1, 0.15) is 0 Å². The molecule has 1 aliphatic rings. The van der Waals surface area contributed by atoms with Crippen LogP contribution in [0.15, 0.2) is 0 Å². The molecular formula is C10H21N3O. The first-order valence-electron chi connectivity index (χ1n) is 5.20. The van der Waals surface area contributed by atoms with Crippen LogP contribution in [0.4, 0.5) is 0 Å². The average molecular weight is 199 g/mol. The second kappa shape index (κ2) is 4.28. The van der Waals surface area contributed by atoms with Crippen molar-refractivity contribution in [3.05, 3.63) is 0 Å². The maximum absolute atomic E-state index is 11.4. The molecule has 0 saturated carbocycles. The van der Waals surface area contributed by atoms with Gasteiger partial charge >= 0.3 is 0 Å². The lowest BCUT2D eigenvalue weighted by atomic mass is 9.93. The predicted molar refractivity (Wildman–Crippen MR) is 56.4 cm³/mol. The number of rotatable bonds is 1. The number of nitrogens with one attached hydrogen (secondary N) is 1. The monoisotopic (exact) mass is 199 g/mol. The number of likely N-dealkylation sites (tertiary alicyclic amines) is 1. The minimum absolute atomic E-state index is 0.0287. The topological polar surface area (TPSA) is 58.4 Å². The highest BCUT2D eigenvalue weighted by molar-refractivity contribution is 5.78. The number of nitrogens with zero attached hydrogens (tertiary/aromatic N) is 1. The van der Waals surface area contributed by atoms with Gasteiger partial charge in [-0.15, -0.1) is 0 Å². The first-order valence-corrected chi connectivity index (χ1v) is 5.20. The van der Waals surface area contributed by atoms with E-state index in [2.05, 4.69) is 31.1 Å². The summed E-state index contributed by atoms with van der Waals surface area (Å²) < 4.78 is 0. The Labute approximate surface area is 85.8 Å². The number of carbonyl (C=O) groups is 1. The average Bonchev–Trinajstić information content (AvgIpc) is 2.15. The highest BCUT2D eigenvalue weighted by atomic mass is 16.2. The fourth-order valence-electron chi connectivity index (χ4n) is 1.92. The van der Waals surface area contributed by atoms with Gasteiger partial charge in [-0.3, -0.25) is 15.1 Å². The highest BCUT2D eigenvalue weighted by Gasteiger charge is 2.30. The van der Waals surface area contributed by atoms with Gasteiger partial charge in [0, 0.05) is 12.1 Å². The summed E-state index contributed by atoms with van der Waals surface area (Å²) in [6.45, 7) is 8.44. The molecule has 0 spiro atoms. The van der Waals surface area contributed by atoms with Gasteiger partial charge in [-0.1, -0.05) is 0 Å². The third-order valence-corrected chi connectivity index (χ3v) is 2.88. The number of nitrogens with two attached hydrogens (primary N) is 1. The van der Waals surface area contributed by atoms with Crippen LogP contribution in [-0.2, 0) is 4.79 Å². The molecule has 4 nitrogen and oxygen atoms in total. The van der Waals surface area contributed by atoms with Crippen LogP contribution in [0.25, 0.3) is 0 Å². The molecule has 0 radical (unpaired) electrons. The summed E-state index contributed by atoms with van der Waals surface area (Å²) in [7, 11) is 0. The van der Waals surface area contributed by atoms with Crippen molar-refractivity contribution < 1.29 is 4.79 Å². The summed E-state index contributed by atoms with van der Waals surface area (Å²) >= 11 is 0. The Morgan fingerprint density at radius 3 is 2.64 bits per heavy atom. The quantitative estimate of drug-likeness (QED) is 0.367. The molecular weight excluding hydrogens is 178 g/mol. The van der Waals surface area contributed by atoms with Crippen molar-refractivity contribution >= 4 is 5.91 Å². The van der Waals surface area contributed by atoms with E-state index >= 15 is 0 Å². The molecule has 0 aromatic rings. The second-order valence-corrected chi connectivity index (χ2v) is 4.96. The van der Waals surface area contributed by atoms with E-state index in [9.17, 15) is 4.79 Å². The van der Waals surface area contributed by atoms with Crippen molar-refractivity contribution in [1.29, 1.82) is 0 Å². The second-order valence-electron chi connectivity index (χ2n) is 4.96. The van der Waals surface area contributed by atoms with Crippen LogP contribution in [-0.4, -0.2) is 29.4 Å². The summed E-state index contributed by atoms with van der Waals surface area (Å²) in [6.07, 6.45) is 2.03. The summed E-state index contributed by atoms with van der Waals surface area (Å²) in [4.78, 5) is 13.7. The van der Waals surface area contributed by atoms with Crippen LogP contribution in [0.3, 0.4) is 0 Å². The Morgan fingerprint density at radius 2 is 2.14 bits per heavy atom. The molecule has 1 fully saturated rings. The van der Waals surface area contributed by atoms with E-state index in [-0.39, 0.29) is 17.4 Å². The summed E-state index contributed by atoms with van der Waals surface area (Å²) in [5, 5.41) is 0. The maximum Gasteiger partial charge on any atom is 0.238 e. The maximum atomic E-state index is 11.4. The molecule has 1 rings (SSSR count). The standard InChI is InChI=1S/C10H21N3O/c1-10(2,3)13-6-4-5-8(7-13)9(14)12-11/h8H,4-7,11H2,1-3H3,(H,12,14)/t8-/m1/s1. The smallest absolute Gasteiger partial charge is 0.238 e. The van der Waals surface area contributed by atoms with Crippen molar-refractivity contribution in [2.24, 2.45) is 11.8 Å². The first kappa shape index (κ1) is 11.5. The van der Waals surface area contributed by atoms with Crippen molar-refractivity contribution in [2.45, 2.75) is 39.2 Å². The van der Waals surface area contributed by atoms with Gasteiger partial charge in [0.25, 0.3) is 0 Å². The van der Waals surface area contributed by atoms with Gasteiger partial charge < -0.3 is 0 Å². The van der Waals surface area contributed by atoms with Crippen LogP contribution in [0, 0.1) is 5.92 Å². The molecule has 1 amide bonds. The van der Waals surface area contributed by atoms with Gasteiger partial charge in [-0.2, -0.15) is 0 Å². The van der Waals surface area contributed by atoms with E-state index in [1.165, 1.54) is 0 Å². The van der Waals surface area contributed by atoms with Crippen LogP contribution in [0.1, 0.15) is 33.6 Å². The van der Waals surface area contributed by atoms with Crippen molar-refractivity contribution in [3.63, 3.8) is 0 Å².